The van der Waals surface area contributed by atoms with Crippen molar-refractivity contribution < 1.29 is 0 Å². The zero-order valence-corrected chi connectivity index (χ0v) is 28.3. The predicted octanol–water partition coefficient (Wildman–Crippen LogP) is 11.6. The van der Waals surface area contributed by atoms with Crippen LogP contribution in [0.1, 0.15) is 55.4 Å². The second-order valence-corrected chi connectivity index (χ2v) is 12.8. The second kappa shape index (κ2) is 16.0. The van der Waals surface area contributed by atoms with Crippen molar-refractivity contribution in [1.29, 1.82) is 10.7 Å². The minimum absolute atomic E-state index is 0.187. The molecule has 0 aliphatic heterocycles. The summed E-state index contributed by atoms with van der Waals surface area (Å²) in [5.74, 6) is 0. The minimum atomic E-state index is -0.187. The molecule has 0 fully saturated rings. The summed E-state index contributed by atoms with van der Waals surface area (Å²) in [5, 5.41) is 18.6. The third-order valence-corrected chi connectivity index (χ3v) is 8.76. The zero-order chi connectivity index (χ0) is 33.9. The van der Waals surface area contributed by atoms with Crippen LogP contribution in [0.25, 0.3) is 16.8 Å². The average molecular weight is 646 g/mol. The van der Waals surface area contributed by atoms with E-state index >= 15 is 0 Å². The number of aliphatic imine (C=N–C) groups is 1. The summed E-state index contributed by atoms with van der Waals surface area (Å²) in [7, 11) is 0. The molecule has 0 unspecified atom stereocenters. The summed E-state index contributed by atoms with van der Waals surface area (Å²) in [5.41, 5.74) is 11.9. The number of hydrogen-bond acceptors (Lipinski definition) is 3. The molecule has 0 bridgehead atoms. The maximum atomic E-state index is 9.51. The van der Waals surface area contributed by atoms with Crippen molar-refractivity contribution in [2.75, 3.05) is 0 Å². The molecule has 5 rings (SSSR count). The van der Waals surface area contributed by atoms with Crippen molar-refractivity contribution in [2.45, 2.75) is 44.9 Å². The SMILES string of the molecule is C=C(/C=C(\C=C\Cl)C1=C/CC(C)(C)c2cc(C#N)ccc2C/C=C\1)C(=N)/C=C(\N=C\C1=CCCC=C1)c1ccc(-c2ccccc2)cc1. The fourth-order valence-corrected chi connectivity index (χ4v) is 5.98. The van der Waals surface area contributed by atoms with Crippen molar-refractivity contribution in [2.24, 2.45) is 4.99 Å². The third-order valence-electron chi connectivity index (χ3n) is 8.63. The van der Waals surface area contributed by atoms with Crippen molar-refractivity contribution in [1.82, 2.24) is 0 Å². The maximum Gasteiger partial charge on any atom is 0.0991 e. The molecule has 0 atom stereocenters. The van der Waals surface area contributed by atoms with Crippen molar-refractivity contribution in [3.8, 4) is 17.2 Å². The lowest BCUT2D eigenvalue weighted by Gasteiger charge is -2.26. The normalized spacial score (nSPS) is 18.1. The number of nitrogens with zero attached hydrogens (tertiary/aromatic N) is 2. The number of halogens is 1. The summed E-state index contributed by atoms with van der Waals surface area (Å²) in [6.45, 7) is 8.70. The number of fused-ring (bicyclic) bond motifs is 1. The predicted molar refractivity (Wildman–Crippen MR) is 204 cm³/mol. The summed E-state index contributed by atoms with van der Waals surface area (Å²) in [6.07, 6.45) is 23.8. The van der Waals surface area contributed by atoms with E-state index in [0.29, 0.717) is 16.8 Å². The van der Waals surface area contributed by atoms with Gasteiger partial charge in [0.2, 0.25) is 0 Å². The Morgan fingerprint density at radius 1 is 0.938 bits per heavy atom. The highest BCUT2D eigenvalue weighted by atomic mass is 35.5. The minimum Gasteiger partial charge on any atom is -0.300 e. The molecule has 238 valence electrons. The molecular weight excluding hydrogens is 606 g/mol. The van der Waals surface area contributed by atoms with Gasteiger partial charge in [-0.2, -0.15) is 5.26 Å². The summed E-state index contributed by atoms with van der Waals surface area (Å²) in [6, 6.07) is 26.8. The molecule has 2 aliphatic rings. The first kappa shape index (κ1) is 34.0. The Morgan fingerprint density at radius 3 is 2.42 bits per heavy atom. The topological polar surface area (TPSA) is 60.0 Å². The van der Waals surface area contributed by atoms with Crippen LogP contribution in [0.2, 0.25) is 0 Å². The Morgan fingerprint density at radius 2 is 1.71 bits per heavy atom. The third kappa shape index (κ3) is 8.73. The molecule has 3 aromatic rings. The van der Waals surface area contributed by atoms with Crippen LogP contribution in [0.3, 0.4) is 0 Å². The molecule has 0 saturated heterocycles. The molecule has 4 heteroatoms. The number of rotatable bonds is 9. The lowest BCUT2D eigenvalue weighted by molar-refractivity contribution is 0.529. The highest BCUT2D eigenvalue weighted by Gasteiger charge is 2.24. The van der Waals surface area contributed by atoms with Gasteiger partial charge in [-0.15, -0.1) is 0 Å². The van der Waals surface area contributed by atoms with E-state index in [-0.39, 0.29) is 11.1 Å². The molecule has 2 aliphatic carbocycles. The smallest absolute Gasteiger partial charge is 0.0991 e. The molecule has 1 N–H and O–H groups in total. The largest absolute Gasteiger partial charge is 0.300 e. The number of nitriles is 1. The molecule has 0 heterocycles. The zero-order valence-electron chi connectivity index (χ0n) is 27.6. The van der Waals surface area contributed by atoms with Crippen LogP contribution in [0, 0.1) is 16.7 Å². The molecule has 3 nitrogen and oxygen atoms in total. The Labute approximate surface area is 290 Å². The fraction of sp³-hybridized carbons (Fsp3) is 0.159. The van der Waals surface area contributed by atoms with Gasteiger partial charge >= 0.3 is 0 Å². The molecule has 0 aromatic heterocycles. The first-order chi connectivity index (χ1) is 23.3. The highest BCUT2D eigenvalue weighted by molar-refractivity contribution is 6.25. The monoisotopic (exact) mass is 645 g/mol. The van der Waals surface area contributed by atoms with Gasteiger partial charge in [-0.3, -0.25) is 4.99 Å². The molecule has 3 aromatic carbocycles. The van der Waals surface area contributed by atoms with Crippen molar-refractivity contribution in [3.63, 3.8) is 0 Å². The molecule has 0 saturated carbocycles. The summed E-state index contributed by atoms with van der Waals surface area (Å²) < 4.78 is 0. The Balaban J connectivity index is 1.45. The van der Waals surface area contributed by atoms with E-state index in [9.17, 15) is 5.26 Å². The second-order valence-electron chi connectivity index (χ2n) is 12.6. The van der Waals surface area contributed by atoms with Crippen LogP contribution in [0.5, 0.6) is 0 Å². The van der Waals surface area contributed by atoms with Gasteiger partial charge in [0.05, 0.1) is 23.0 Å². The van der Waals surface area contributed by atoms with Crippen molar-refractivity contribution in [3.05, 3.63) is 184 Å². The van der Waals surface area contributed by atoms with Crippen LogP contribution < -0.4 is 0 Å². The van der Waals surface area contributed by atoms with E-state index in [1.165, 1.54) is 16.7 Å². The highest BCUT2D eigenvalue weighted by Crippen LogP contribution is 2.34. The molecular formula is C44H40ClN3. The van der Waals surface area contributed by atoms with Gasteiger partial charge in [0.1, 0.15) is 0 Å². The lowest BCUT2D eigenvalue weighted by atomic mass is 9.77. The summed E-state index contributed by atoms with van der Waals surface area (Å²) in [4.78, 5) is 4.87. The van der Waals surface area contributed by atoms with Crippen LogP contribution in [0.15, 0.2) is 167 Å². The van der Waals surface area contributed by atoms with Gasteiger partial charge in [0.15, 0.2) is 0 Å². The Bertz CT molecular complexity index is 1970. The average Bonchev–Trinajstić information content (AvgIpc) is 3.18. The van der Waals surface area contributed by atoms with E-state index in [4.69, 9.17) is 22.0 Å². The van der Waals surface area contributed by atoms with Gasteiger partial charge < -0.3 is 5.41 Å². The molecule has 48 heavy (non-hydrogen) atoms. The van der Waals surface area contributed by atoms with Gasteiger partial charge in [-0.25, -0.2) is 0 Å². The van der Waals surface area contributed by atoms with Crippen LogP contribution >= 0.6 is 11.6 Å². The van der Waals surface area contributed by atoms with E-state index in [2.05, 4.69) is 105 Å². The Hall–Kier alpha value is -5.30. The Kier molecular flexibility index (Phi) is 11.4. The van der Waals surface area contributed by atoms with Crippen LogP contribution in [-0.4, -0.2) is 11.9 Å². The van der Waals surface area contributed by atoms with E-state index in [0.717, 1.165) is 59.1 Å². The number of benzene rings is 3. The van der Waals surface area contributed by atoms with Gasteiger partial charge in [0.25, 0.3) is 0 Å². The number of allylic oxidation sites excluding steroid dienone is 13. The van der Waals surface area contributed by atoms with Crippen molar-refractivity contribution >= 4 is 29.2 Å². The van der Waals surface area contributed by atoms with Crippen LogP contribution in [0.4, 0.5) is 0 Å². The fourth-order valence-electron chi connectivity index (χ4n) is 5.85. The standard InChI is InChI=1S/C44H40ClN3/c1-32(27-40(24-26-45)36-15-10-16-38-18-17-34(30-46)28-41(38)44(2,3)25-23-36)42(47)29-43(48-31-33-11-6-4-7-12-33)39-21-19-37(20-22-39)35-13-8-5-9-14-35/h5-6,8-15,17-24,26-29,31,47H,1,4,7,16,25H2,2-3H3/b15-10-,26-24+,36-23+,40-27+,43-29-,47-42?,48-31+. The van der Waals surface area contributed by atoms with Gasteiger partial charge in [-0.05, 0) is 106 Å². The first-order valence-electron chi connectivity index (χ1n) is 16.2. The summed E-state index contributed by atoms with van der Waals surface area (Å²) >= 11 is 6.15. The maximum absolute atomic E-state index is 9.51. The first-order valence-corrected chi connectivity index (χ1v) is 16.7. The molecule has 0 radical (unpaired) electrons. The lowest BCUT2D eigenvalue weighted by Crippen LogP contribution is -2.18. The van der Waals surface area contributed by atoms with Crippen LogP contribution in [-0.2, 0) is 11.8 Å². The quantitative estimate of drug-likeness (QED) is 0.183. The molecule has 0 spiro atoms. The molecule has 0 amide bonds. The van der Waals surface area contributed by atoms with Gasteiger partial charge in [0, 0.05) is 17.3 Å². The number of nitrogens with one attached hydrogen (secondary N) is 1. The van der Waals surface area contributed by atoms with E-state index < -0.39 is 0 Å². The van der Waals surface area contributed by atoms with E-state index in [1.54, 1.807) is 6.08 Å². The van der Waals surface area contributed by atoms with Gasteiger partial charge in [-0.1, -0.05) is 129 Å². The number of hydrogen-bond donors (Lipinski definition) is 1. The van der Waals surface area contributed by atoms with E-state index in [1.807, 2.05) is 48.7 Å².